The number of likely N-dealkylation sites (tertiary alicyclic amines) is 1. The molecule has 1 atom stereocenters. The van der Waals surface area contributed by atoms with E-state index in [0.29, 0.717) is 5.56 Å². The molecule has 2 aromatic rings. The second-order valence-electron chi connectivity index (χ2n) is 7.71. The average molecular weight is 395 g/mol. The lowest BCUT2D eigenvalue weighted by molar-refractivity contribution is -0.132. The Kier molecular flexibility index (Phi) is 6.91. The van der Waals surface area contributed by atoms with Gasteiger partial charge in [0.05, 0.1) is 19.7 Å². The topological polar surface area (TPSA) is 58.6 Å². The van der Waals surface area contributed by atoms with E-state index in [1.54, 1.807) is 13.2 Å². The molecule has 1 N–H and O–H groups in total. The van der Waals surface area contributed by atoms with Gasteiger partial charge < -0.3 is 15.0 Å². The number of hydrogen-bond donors (Lipinski definition) is 1. The molecule has 1 aliphatic heterocycles. The van der Waals surface area contributed by atoms with Crippen molar-refractivity contribution in [3.8, 4) is 5.75 Å². The van der Waals surface area contributed by atoms with Crippen LogP contribution in [0.15, 0.2) is 42.5 Å². The predicted molar refractivity (Wildman–Crippen MR) is 114 cm³/mol. The largest absolute Gasteiger partial charge is 0.497 e. The summed E-state index contributed by atoms with van der Waals surface area (Å²) in [6.07, 6.45) is 4.13. The maximum atomic E-state index is 13.0. The summed E-state index contributed by atoms with van der Waals surface area (Å²) in [4.78, 5) is 27.4. The Morgan fingerprint density at radius 3 is 2.48 bits per heavy atom. The normalized spacial score (nSPS) is 16.8. The van der Waals surface area contributed by atoms with Gasteiger partial charge in [-0.05, 0) is 67.6 Å². The molecule has 0 saturated carbocycles. The van der Waals surface area contributed by atoms with Gasteiger partial charge in [-0.1, -0.05) is 31.0 Å². The molecule has 1 unspecified atom stereocenters. The summed E-state index contributed by atoms with van der Waals surface area (Å²) in [5, 5.41) is 2.80. The van der Waals surface area contributed by atoms with Crippen LogP contribution in [0.3, 0.4) is 0 Å². The zero-order chi connectivity index (χ0) is 20.8. The van der Waals surface area contributed by atoms with Crippen LogP contribution >= 0.6 is 0 Å². The minimum atomic E-state index is -0.211. The summed E-state index contributed by atoms with van der Waals surface area (Å²) < 4.78 is 5.25. The Hall–Kier alpha value is -2.82. The third-order valence-corrected chi connectivity index (χ3v) is 5.74. The van der Waals surface area contributed by atoms with Gasteiger partial charge in [-0.3, -0.25) is 9.59 Å². The van der Waals surface area contributed by atoms with Crippen LogP contribution in [0.4, 0.5) is 0 Å². The summed E-state index contributed by atoms with van der Waals surface area (Å²) in [6, 6.07) is 13.6. The second kappa shape index (κ2) is 9.59. The first-order valence-electron chi connectivity index (χ1n) is 10.3. The van der Waals surface area contributed by atoms with Crippen LogP contribution in [0.5, 0.6) is 5.75 Å². The van der Waals surface area contributed by atoms with Gasteiger partial charge in [0, 0.05) is 12.1 Å². The number of aryl methyl sites for hydroxylation is 2. The molecule has 2 aromatic carbocycles. The summed E-state index contributed by atoms with van der Waals surface area (Å²) >= 11 is 0. The van der Waals surface area contributed by atoms with Crippen molar-refractivity contribution in [2.45, 2.75) is 45.6 Å². The lowest BCUT2D eigenvalue weighted by Crippen LogP contribution is -2.42. The molecule has 29 heavy (non-hydrogen) atoms. The zero-order valence-corrected chi connectivity index (χ0v) is 17.5. The number of nitrogens with one attached hydrogen (secondary N) is 1. The van der Waals surface area contributed by atoms with E-state index in [1.165, 1.54) is 0 Å². The second-order valence-corrected chi connectivity index (χ2v) is 7.71. The monoisotopic (exact) mass is 394 g/mol. The fourth-order valence-electron chi connectivity index (χ4n) is 3.82. The van der Waals surface area contributed by atoms with Crippen molar-refractivity contribution in [1.29, 1.82) is 0 Å². The Morgan fingerprint density at radius 2 is 1.79 bits per heavy atom. The van der Waals surface area contributed by atoms with E-state index in [2.05, 4.69) is 5.32 Å². The van der Waals surface area contributed by atoms with Crippen molar-refractivity contribution < 1.29 is 14.3 Å². The highest BCUT2D eigenvalue weighted by molar-refractivity contribution is 5.96. The highest BCUT2D eigenvalue weighted by Crippen LogP contribution is 2.31. The van der Waals surface area contributed by atoms with Crippen molar-refractivity contribution in [2.24, 2.45) is 0 Å². The molecule has 0 aliphatic carbocycles. The third-order valence-electron chi connectivity index (χ3n) is 5.74. The Morgan fingerprint density at radius 1 is 1.03 bits per heavy atom. The van der Waals surface area contributed by atoms with E-state index in [1.807, 2.05) is 55.1 Å². The van der Waals surface area contributed by atoms with E-state index >= 15 is 0 Å². The van der Waals surface area contributed by atoms with Crippen LogP contribution in [-0.4, -0.2) is 36.9 Å². The van der Waals surface area contributed by atoms with Crippen molar-refractivity contribution in [3.63, 3.8) is 0 Å². The number of carbonyl (C=O) groups excluding carboxylic acids is 2. The molecule has 0 radical (unpaired) electrons. The van der Waals surface area contributed by atoms with Crippen molar-refractivity contribution in [1.82, 2.24) is 10.2 Å². The van der Waals surface area contributed by atoms with Gasteiger partial charge in [0.1, 0.15) is 5.75 Å². The molecule has 154 valence electrons. The number of amides is 2. The van der Waals surface area contributed by atoms with Gasteiger partial charge in [-0.15, -0.1) is 0 Å². The molecule has 0 aromatic heterocycles. The number of nitrogens with zero attached hydrogens (tertiary/aromatic N) is 1. The average Bonchev–Trinajstić information content (AvgIpc) is 3.00. The summed E-state index contributed by atoms with van der Waals surface area (Å²) in [5.41, 5.74) is 3.91. The lowest BCUT2D eigenvalue weighted by Gasteiger charge is -2.30. The van der Waals surface area contributed by atoms with Gasteiger partial charge in [-0.25, -0.2) is 0 Å². The highest BCUT2D eigenvalue weighted by Gasteiger charge is 2.27. The molecule has 0 bridgehead atoms. The standard InChI is InChI=1S/C24H30N2O3/c1-17-8-9-20(15-18(17)2)24(28)25-16-23(27)26-14-6-4-5-7-22(26)19-10-12-21(29-3)13-11-19/h8-13,15,22H,4-7,14,16H2,1-3H3,(H,25,28). The minimum Gasteiger partial charge on any atom is -0.497 e. The van der Waals surface area contributed by atoms with E-state index in [0.717, 1.165) is 54.7 Å². The first-order valence-corrected chi connectivity index (χ1v) is 10.3. The first-order chi connectivity index (χ1) is 14.0. The number of rotatable bonds is 5. The van der Waals surface area contributed by atoms with Crippen LogP contribution < -0.4 is 10.1 Å². The molecule has 5 heteroatoms. The number of hydrogen-bond acceptors (Lipinski definition) is 3. The number of ether oxygens (including phenoxy) is 1. The zero-order valence-electron chi connectivity index (χ0n) is 17.5. The Balaban J connectivity index is 1.68. The molecule has 1 aliphatic rings. The van der Waals surface area contributed by atoms with Crippen molar-refractivity contribution >= 4 is 11.8 Å². The molecule has 1 saturated heterocycles. The molecule has 1 heterocycles. The minimum absolute atomic E-state index is 0.0123. The predicted octanol–water partition coefficient (Wildman–Crippen LogP) is 4.19. The first kappa shape index (κ1) is 20.9. The smallest absolute Gasteiger partial charge is 0.251 e. The SMILES string of the molecule is COc1ccc(C2CCCCCN2C(=O)CNC(=O)c2ccc(C)c(C)c2)cc1. The quantitative estimate of drug-likeness (QED) is 0.827. The fourth-order valence-corrected chi connectivity index (χ4v) is 3.82. The fraction of sp³-hybridized carbons (Fsp3) is 0.417. The van der Waals surface area contributed by atoms with Gasteiger partial charge >= 0.3 is 0 Å². The summed E-state index contributed by atoms with van der Waals surface area (Å²) in [5.74, 6) is 0.558. The van der Waals surface area contributed by atoms with Crippen LogP contribution in [0.2, 0.25) is 0 Å². The number of methoxy groups -OCH3 is 1. The van der Waals surface area contributed by atoms with Gasteiger partial charge in [0.2, 0.25) is 5.91 Å². The third kappa shape index (κ3) is 5.17. The number of carbonyl (C=O) groups is 2. The van der Waals surface area contributed by atoms with E-state index < -0.39 is 0 Å². The van der Waals surface area contributed by atoms with Crippen LogP contribution in [-0.2, 0) is 4.79 Å². The van der Waals surface area contributed by atoms with Gasteiger partial charge in [-0.2, -0.15) is 0 Å². The summed E-state index contributed by atoms with van der Waals surface area (Å²) in [6.45, 7) is 4.72. The molecule has 0 spiro atoms. The number of benzene rings is 2. The Labute approximate surface area is 173 Å². The Bertz CT molecular complexity index is 861. The van der Waals surface area contributed by atoms with Crippen LogP contribution in [0.25, 0.3) is 0 Å². The molecular formula is C24H30N2O3. The molecular weight excluding hydrogens is 364 g/mol. The van der Waals surface area contributed by atoms with Crippen molar-refractivity contribution in [3.05, 3.63) is 64.7 Å². The molecule has 1 fully saturated rings. The lowest BCUT2D eigenvalue weighted by atomic mass is 10.0. The van der Waals surface area contributed by atoms with Crippen molar-refractivity contribution in [2.75, 3.05) is 20.2 Å². The maximum Gasteiger partial charge on any atom is 0.251 e. The summed E-state index contributed by atoms with van der Waals surface area (Å²) in [7, 11) is 1.65. The van der Waals surface area contributed by atoms with Gasteiger partial charge in [0.25, 0.3) is 5.91 Å². The molecule has 3 rings (SSSR count). The highest BCUT2D eigenvalue weighted by atomic mass is 16.5. The van der Waals surface area contributed by atoms with Gasteiger partial charge in [0.15, 0.2) is 0 Å². The molecule has 5 nitrogen and oxygen atoms in total. The molecule has 2 amide bonds. The maximum absolute atomic E-state index is 13.0. The van der Waals surface area contributed by atoms with Crippen LogP contribution in [0.1, 0.15) is 58.8 Å². The van der Waals surface area contributed by atoms with E-state index in [-0.39, 0.29) is 24.4 Å². The van der Waals surface area contributed by atoms with Crippen LogP contribution in [0, 0.1) is 13.8 Å². The van der Waals surface area contributed by atoms with E-state index in [4.69, 9.17) is 4.74 Å². The van der Waals surface area contributed by atoms with E-state index in [9.17, 15) is 9.59 Å².